The van der Waals surface area contributed by atoms with Gasteiger partial charge >= 0.3 is 6.03 Å². The number of hydrogen-bond acceptors (Lipinski definition) is 3. The molecule has 0 unspecified atom stereocenters. The Labute approximate surface area is 150 Å². The number of likely N-dealkylation sites (tertiary alicyclic amines) is 1. The van der Waals surface area contributed by atoms with E-state index in [4.69, 9.17) is 0 Å². The zero-order valence-electron chi connectivity index (χ0n) is 15.2. The summed E-state index contributed by atoms with van der Waals surface area (Å²) in [6.07, 6.45) is 1.57. The molecule has 138 valence electrons. The number of para-hydroxylation sites is 1. The van der Waals surface area contributed by atoms with Crippen molar-refractivity contribution in [3.8, 4) is 0 Å². The van der Waals surface area contributed by atoms with Crippen LogP contribution in [0.15, 0.2) is 24.3 Å². The van der Waals surface area contributed by atoms with Gasteiger partial charge in [0.25, 0.3) is 0 Å². The predicted molar refractivity (Wildman–Crippen MR) is 99.4 cm³/mol. The molecule has 2 amide bonds. The SMILES string of the molecule is CCS(=O)(=O)N1CC2(CCN(C(=O)NC(C)C)CC2)c2ccccc21. The minimum absolute atomic E-state index is 0.0332. The highest BCUT2D eigenvalue weighted by molar-refractivity contribution is 7.92. The number of anilines is 1. The van der Waals surface area contributed by atoms with Crippen LogP contribution in [0.1, 0.15) is 39.2 Å². The molecule has 1 fully saturated rings. The van der Waals surface area contributed by atoms with Crippen molar-refractivity contribution in [2.45, 2.75) is 45.1 Å². The summed E-state index contributed by atoms with van der Waals surface area (Å²) in [7, 11) is -3.29. The fraction of sp³-hybridized carbons (Fsp3) is 0.611. The van der Waals surface area contributed by atoms with E-state index in [1.54, 1.807) is 11.2 Å². The number of piperidine rings is 1. The lowest BCUT2D eigenvalue weighted by Crippen LogP contribution is -2.51. The summed E-state index contributed by atoms with van der Waals surface area (Å²) in [5, 5.41) is 2.93. The summed E-state index contributed by atoms with van der Waals surface area (Å²) in [6.45, 7) is 7.36. The number of carbonyl (C=O) groups is 1. The van der Waals surface area contributed by atoms with E-state index in [-0.39, 0.29) is 23.2 Å². The summed E-state index contributed by atoms with van der Waals surface area (Å²) >= 11 is 0. The normalized spacial score (nSPS) is 19.4. The lowest BCUT2D eigenvalue weighted by atomic mass is 9.74. The third kappa shape index (κ3) is 3.21. The highest BCUT2D eigenvalue weighted by Crippen LogP contribution is 2.47. The summed E-state index contributed by atoms with van der Waals surface area (Å²) in [5.41, 5.74) is 1.73. The molecule has 0 aromatic heterocycles. The van der Waals surface area contributed by atoms with Crippen LogP contribution < -0.4 is 9.62 Å². The number of nitrogens with zero attached hydrogens (tertiary/aromatic N) is 2. The van der Waals surface area contributed by atoms with Gasteiger partial charge in [0.05, 0.1) is 11.4 Å². The molecule has 0 radical (unpaired) electrons. The molecule has 6 nitrogen and oxygen atoms in total. The molecule has 0 bridgehead atoms. The number of amides is 2. The van der Waals surface area contributed by atoms with Crippen LogP contribution in [0, 0.1) is 0 Å². The minimum Gasteiger partial charge on any atom is -0.336 e. The number of carbonyl (C=O) groups excluding carboxylic acids is 1. The average molecular weight is 365 g/mol. The highest BCUT2D eigenvalue weighted by Gasteiger charge is 2.47. The molecule has 0 atom stereocenters. The molecule has 0 saturated carbocycles. The third-order valence-corrected chi connectivity index (χ3v) is 7.04. The topological polar surface area (TPSA) is 69.7 Å². The van der Waals surface area contributed by atoms with E-state index in [0.29, 0.717) is 19.6 Å². The lowest BCUT2D eigenvalue weighted by Gasteiger charge is -2.40. The fourth-order valence-corrected chi connectivity index (χ4v) is 5.11. The van der Waals surface area contributed by atoms with Crippen molar-refractivity contribution in [1.82, 2.24) is 10.2 Å². The first-order valence-corrected chi connectivity index (χ1v) is 10.6. The quantitative estimate of drug-likeness (QED) is 0.894. The summed E-state index contributed by atoms with van der Waals surface area (Å²) in [5.74, 6) is 0.0976. The molecule has 1 spiro atoms. The molecule has 1 aromatic carbocycles. The molecule has 2 aliphatic rings. The van der Waals surface area contributed by atoms with Crippen LogP contribution in [0.25, 0.3) is 0 Å². The van der Waals surface area contributed by atoms with Gasteiger partial charge in [0.15, 0.2) is 0 Å². The average Bonchev–Trinajstić information content (AvgIpc) is 2.90. The summed E-state index contributed by atoms with van der Waals surface area (Å²) < 4.78 is 26.6. The number of benzene rings is 1. The van der Waals surface area contributed by atoms with Gasteiger partial charge in [-0.1, -0.05) is 18.2 Å². The standard InChI is InChI=1S/C18H27N3O3S/c1-4-25(23,24)21-13-18(15-7-5-6-8-16(15)21)9-11-20(12-10-18)17(22)19-14(2)3/h5-8,14H,4,9-13H2,1-3H3,(H,19,22). The molecule has 2 heterocycles. The van der Waals surface area contributed by atoms with E-state index in [1.165, 1.54) is 0 Å². The second-order valence-corrected chi connectivity index (χ2v) is 9.48. The van der Waals surface area contributed by atoms with E-state index >= 15 is 0 Å². The molecule has 3 rings (SSSR count). The van der Waals surface area contributed by atoms with Gasteiger partial charge in [0.2, 0.25) is 10.0 Å². The smallest absolute Gasteiger partial charge is 0.317 e. The van der Waals surface area contributed by atoms with E-state index in [1.807, 2.05) is 43.0 Å². The van der Waals surface area contributed by atoms with E-state index < -0.39 is 10.0 Å². The summed E-state index contributed by atoms with van der Waals surface area (Å²) in [6, 6.07) is 7.89. The van der Waals surface area contributed by atoms with Crippen molar-refractivity contribution in [2.24, 2.45) is 0 Å². The highest BCUT2D eigenvalue weighted by atomic mass is 32.2. The fourth-order valence-electron chi connectivity index (χ4n) is 3.89. The number of nitrogens with one attached hydrogen (secondary N) is 1. The molecule has 7 heteroatoms. The van der Waals surface area contributed by atoms with Crippen LogP contribution in [0.2, 0.25) is 0 Å². The zero-order chi connectivity index (χ0) is 18.2. The second-order valence-electron chi connectivity index (χ2n) is 7.30. The largest absolute Gasteiger partial charge is 0.336 e. The Hall–Kier alpha value is -1.76. The number of rotatable bonds is 3. The van der Waals surface area contributed by atoms with Gasteiger partial charge in [0.1, 0.15) is 0 Å². The van der Waals surface area contributed by atoms with Gasteiger partial charge in [-0.3, -0.25) is 4.31 Å². The first kappa shape index (κ1) is 18.0. The van der Waals surface area contributed by atoms with Gasteiger partial charge in [-0.05, 0) is 45.2 Å². The number of hydrogen-bond donors (Lipinski definition) is 1. The van der Waals surface area contributed by atoms with E-state index in [2.05, 4.69) is 5.32 Å². The van der Waals surface area contributed by atoms with Crippen molar-refractivity contribution in [3.05, 3.63) is 29.8 Å². The number of urea groups is 1. The number of sulfonamides is 1. The molecule has 25 heavy (non-hydrogen) atoms. The molecular formula is C18H27N3O3S. The maximum Gasteiger partial charge on any atom is 0.317 e. The summed E-state index contributed by atoms with van der Waals surface area (Å²) in [4.78, 5) is 14.1. The Morgan fingerprint density at radius 3 is 2.48 bits per heavy atom. The Bertz CT molecular complexity index is 753. The van der Waals surface area contributed by atoms with Crippen LogP contribution >= 0.6 is 0 Å². The first-order valence-electron chi connectivity index (χ1n) is 8.94. The van der Waals surface area contributed by atoms with E-state index in [9.17, 15) is 13.2 Å². The predicted octanol–water partition coefficient (Wildman–Crippen LogP) is 2.31. The molecule has 0 aliphatic carbocycles. The molecular weight excluding hydrogens is 338 g/mol. The maximum atomic E-state index is 12.5. The molecule has 1 aromatic rings. The van der Waals surface area contributed by atoms with E-state index in [0.717, 1.165) is 24.1 Å². The van der Waals surface area contributed by atoms with Crippen molar-refractivity contribution >= 4 is 21.7 Å². The van der Waals surface area contributed by atoms with Crippen molar-refractivity contribution in [1.29, 1.82) is 0 Å². The van der Waals surface area contributed by atoms with Crippen molar-refractivity contribution in [3.63, 3.8) is 0 Å². The van der Waals surface area contributed by atoms with Crippen LogP contribution in [-0.4, -0.2) is 50.8 Å². The van der Waals surface area contributed by atoms with Gasteiger partial charge in [-0.15, -0.1) is 0 Å². The second kappa shape index (κ2) is 6.52. The van der Waals surface area contributed by atoms with Gasteiger partial charge in [-0.2, -0.15) is 0 Å². The van der Waals surface area contributed by atoms with Gasteiger partial charge < -0.3 is 10.2 Å². The third-order valence-electron chi connectivity index (χ3n) is 5.31. The zero-order valence-corrected chi connectivity index (χ0v) is 16.0. The Morgan fingerprint density at radius 1 is 1.24 bits per heavy atom. The van der Waals surface area contributed by atoms with Gasteiger partial charge in [-0.25, -0.2) is 13.2 Å². The molecule has 2 aliphatic heterocycles. The molecule has 1 saturated heterocycles. The van der Waals surface area contributed by atoms with Gasteiger partial charge in [0, 0.05) is 31.1 Å². The van der Waals surface area contributed by atoms with Crippen LogP contribution in [0.5, 0.6) is 0 Å². The maximum absolute atomic E-state index is 12.5. The van der Waals surface area contributed by atoms with Crippen molar-refractivity contribution in [2.75, 3.05) is 29.7 Å². The molecule has 1 N–H and O–H groups in total. The van der Waals surface area contributed by atoms with Crippen LogP contribution in [-0.2, 0) is 15.4 Å². The number of fused-ring (bicyclic) bond motifs is 2. The Balaban J connectivity index is 1.84. The first-order chi connectivity index (χ1) is 11.8. The van der Waals surface area contributed by atoms with Crippen LogP contribution in [0.4, 0.5) is 10.5 Å². The van der Waals surface area contributed by atoms with Crippen LogP contribution in [0.3, 0.4) is 0 Å². The van der Waals surface area contributed by atoms with Crippen molar-refractivity contribution < 1.29 is 13.2 Å². The lowest BCUT2D eigenvalue weighted by molar-refractivity contribution is 0.160. The monoisotopic (exact) mass is 365 g/mol. The Kier molecular flexibility index (Phi) is 4.70. The minimum atomic E-state index is -3.29. The Morgan fingerprint density at radius 2 is 1.88 bits per heavy atom.